The summed E-state index contributed by atoms with van der Waals surface area (Å²) in [6.07, 6.45) is 0. The summed E-state index contributed by atoms with van der Waals surface area (Å²) in [5, 5.41) is 13.8. The third-order valence-corrected chi connectivity index (χ3v) is 2.28. The third-order valence-electron chi connectivity index (χ3n) is 1.51. The molecule has 1 unspecified atom stereocenters. The molecule has 0 spiro atoms. The topological polar surface area (TPSA) is 71.5 Å². The van der Waals surface area contributed by atoms with Gasteiger partial charge >= 0.3 is 5.97 Å². The Hall–Kier alpha value is -1.14. The van der Waals surface area contributed by atoms with Gasteiger partial charge < -0.3 is 15.2 Å². The van der Waals surface area contributed by atoms with Crippen molar-refractivity contribution in [3.8, 4) is 0 Å². The van der Waals surface area contributed by atoms with Crippen molar-refractivity contribution in [2.24, 2.45) is 0 Å². The first-order valence-electron chi connectivity index (χ1n) is 4.07. The molecule has 0 saturated carbocycles. The summed E-state index contributed by atoms with van der Waals surface area (Å²) in [5.41, 5.74) is 0.0714. The Labute approximate surface area is 85.7 Å². The molecule has 0 aromatic carbocycles. The second-order valence-electron chi connectivity index (χ2n) is 2.84. The van der Waals surface area contributed by atoms with Crippen LogP contribution in [0, 0.1) is 0 Å². The number of carboxylic acid groups (broad SMARTS) is 1. The zero-order valence-electron chi connectivity index (χ0n) is 7.98. The lowest BCUT2D eigenvalue weighted by atomic mass is 10.4. The van der Waals surface area contributed by atoms with E-state index in [0.29, 0.717) is 11.7 Å². The van der Waals surface area contributed by atoms with E-state index in [-0.39, 0.29) is 11.7 Å². The van der Waals surface area contributed by atoms with Gasteiger partial charge in [0.05, 0.1) is 6.61 Å². The molecule has 78 valence electrons. The molecule has 0 bridgehead atoms. The number of carbonyl (C=O) groups is 1. The molecule has 2 N–H and O–H groups in total. The number of carboxylic acids is 1. The highest BCUT2D eigenvalue weighted by Gasteiger charge is 2.09. The van der Waals surface area contributed by atoms with Crippen LogP contribution in [0.15, 0.2) is 5.38 Å². The molecule has 1 heterocycles. The molecule has 0 aliphatic rings. The van der Waals surface area contributed by atoms with E-state index in [0.717, 1.165) is 0 Å². The SMILES string of the molecule is COCC(C)Nc1nc(C(=O)O)cs1. The van der Waals surface area contributed by atoms with Crippen LogP contribution in [0.25, 0.3) is 0 Å². The number of nitrogens with one attached hydrogen (secondary N) is 1. The maximum absolute atomic E-state index is 10.5. The average Bonchev–Trinajstić information content (AvgIpc) is 2.53. The van der Waals surface area contributed by atoms with Gasteiger partial charge in [-0.25, -0.2) is 9.78 Å². The van der Waals surface area contributed by atoms with Crippen molar-refractivity contribution in [3.63, 3.8) is 0 Å². The van der Waals surface area contributed by atoms with Crippen molar-refractivity contribution in [3.05, 3.63) is 11.1 Å². The Balaban J connectivity index is 2.55. The van der Waals surface area contributed by atoms with Gasteiger partial charge in [0.15, 0.2) is 10.8 Å². The predicted octanol–water partition coefficient (Wildman–Crippen LogP) is 1.29. The summed E-state index contributed by atoms with van der Waals surface area (Å²) in [6, 6.07) is 0.118. The maximum Gasteiger partial charge on any atom is 0.355 e. The molecule has 0 saturated heterocycles. The normalized spacial score (nSPS) is 12.4. The first kappa shape index (κ1) is 10.9. The molecule has 1 aromatic heterocycles. The highest BCUT2D eigenvalue weighted by atomic mass is 32.1. The number of anilines is 1. The fourth-order valence-corrected chi connectivity index (χ4v) is 1.74. The minimum atomic E-state index is -1.01. The van der Waals surface area contributed by atoms with Crippen molar-refractivity contribution in [1.82, 2.24) is 4.98 Å². The summed E-state index contributed by atoms with van der Waals surface area (Å²) < 4.78 is 4.93. The second kappa shape index (κ2) is 4.92. The number of hydrogen-bond acceptors (Lipinski definition) is 5. The van der Waals surface area contributed by atoms with Crippen LogP contribution in [0.2, 0.25) is 0 Å². The molecule has 1 atom stereocenters. The van der Waals surface area contributed by atoms with Crippen LogP contribution >= 0.6 is 11.3 Å². The molecule has 0 radical (unpaired) electrons. The Kier molecular flexibility index (Phi) is 3.84. The third kappa shape index (κ3) is 2.97. The lowest BCUT2D eigenvalue weighted by Crippen LogP contribution is -2.20. The van der Waals surface area contributed by atoms with E-state index in [1.54, 1.807) is 7.11 Å². The minimum Gasteiger partial charge on any atom is -0.476 e. The van der Waals surface area contributed by atoms with E-state index >= 15 is 0 Å². The molecule has 6 heteroatoms. The summed E-state index contributed by atoms with van der Waals surface area (Å²) >= 11 is 1.27. The second-order valence-corrected chi connectivity index (χ2v) is 3.70. The summed E-state index contributed by atoms with van der Waals surface area (Å²) in [7, 11) is 1.61. The quantitative estimate of drug-likeness (QED) is 0.776. The number of aromatic nitrogens is 1. The molecule has 0 amide bonds. The lowest BCUT2D eigenvalue weighted by Gasteiger charge is -2.10. The van der Waals surface area contributed by atoms with Crippen LogP contribution in [-0.4, -0.2) is 35.8 Å². The van der Waals surface area contributed by atoms with Crippen molar-refractivity contribution in [1.29, 1.82) is 0 Å². The highest BCUT2D eigenvalue weighted by molar-refractivity contribution is 7.13. The molecule has 1 aromatic rings. The number of hydrogen-bond donors (Lipinski definition) is 2. The lowest BCUT2D eigenvalue weighted by molar-refractivity contribution is 0.0691. The van der Waals surface area contributed by atoms with Crippen LogP contribution in [0.5, 0.6) is 0 Å². The number of nitrogens with zero attached hydrogens (tertiary/aromatic N) is 1. The molecular formula is C8H12N2O3S. The van der Waals surface area contributed by atoms with Gasteiger partial charge in [-0.3, -0.25) is 0 Å². The zero-order chi connectivity index (χ0) is 10.6. The molecule has 1 rings (SSSR count). The fraction of sp³-hybridized carbons (Fsp3) is 0.500. The standard InChI is InChI=1S/C8H12N2O3S/c1-5(3-13-2)9-8-10-6(4-14-8)7(11)12/h4-5H,3H2,1-2H3,(H,9,10)(H,11,12). The summed E-state index contributed by atoms with van der Waals surface area (Å²) in [4.78, 5) is 14.4. The van der Waals surface area contributed by atoms with Crippen LogP contribution in [0.3, 0.4) is 0 Å². The number of ether oxygens (including phenoxy) is 1. The minimum absolute atomic E-state index is 0.0714. The van der Waals surface area contributed by atoms with Crippen molar-refractivity contribution >= 4 is 22.4 Å². The van der Waals surface area contributed by atoms with Crippen LogP contribution in [0.4, 0.5) is 5.13 Å². The number of aromatic carboxylic acids is 1. The zero-order valence-corrected chi connectivity index (χ0v) is 8.80. The van der Waals surface area contributed by atoms with Crippen molar-refractivity contribution in [2.75, 3.05) is 19.0 Å². The largest absolute Gasteiger partial charge is 0.476 e. The number of thiazole rings is 1. The van der Waals surface area contributed by atoms with Gasteiger partial charge in [0.1, 0.15) is 0 Å². The van der Waals surface area contributed by atoms with Crippen LogP contribution in [-0.2, 0) is 4.74 Å². The van der Waals surface area contributed by atoms with E-state index in [9.17, 15) is 4.79 Å². The molecule has 14 heavy (non-hydrogen) atoms. The van der Waals surface area contributed by atoms with Crippen LogP contribution < -0.4 is 5.32 Å². The Morgan fingerprint density at radius 3 is 3.07 bits per heavy atom. The fourth-order valence-electron chi connectivity index (χ4n) is 0.941. The Morgan fingerprint density at radius 2 is 2.57 bits per heavy atom. The predicted molar refractivity (Wildman–Crippen MR) is 54.0 cm³/mol. The Bertz CT molecular complexity index is 313. The number of methoxy groups -OCH3 is 1. The molecule has 0 fully saturated rings. The van der Waals surface area contributed by atoms with E-state index in [2.05, 4.69) is 10.3 Å². The Morgan fingerprint density at radius 1 is 1.86 bits per heavy atom. The number of rotatable bonds is 5. The first-order valence-corrected chi connectivity index (χ1v) is 4.95. The van der Waals surface area contributed by atoms with Gasteiger partial charge in [0, 0.05) is 18.5 Å². The van der Waals surface area contributed by atoms with Crippen molar-refractivity contribution in [2.45, 2.75) is 13.0 Å². The molecule has 5 nitrogen and oxygen atoms in total. The highest BCUT2D eigenvalue weighted by Crippen LogP contribution is 2.16. The molecule has 0 aliphatic carbocycles. The van der Waals surface area contributed by atoms with Gasteiger partial charge in [-0.1, -0.05) is 0 Å². The average molecular weight is 216 g/mol. The van der Waals surface area contributed by atoms with E-state index in [1.807, 2.05) is 6.92 Å². The van der Waals surface area contributed by atoms with Crippen molar-refractivity contribution < 1.29 is 14.6 Å². The van der Waals surface area contributed by atoms with Gasteiger partial charge in [0.25, 0.3) is 0 Å². The van der Waals surface area contributed by atoms with Gasteiger partial charge in [0.2, 0.25) is 0 Å². The first-order chi connectivity index (χ1) is 6.63. The van der Waals surface area contributed by atoms with Crippen LogP contribution in [0.1, 0.15) is 17.4 Å². The van der Waals surface area contributed by atoms with E-state index in [1.165, 1.54) is 16.7 Å². The van der Waals surface area contributed by atoms with Gasteiger partial charge in [-0.2, -0.15) is 0 Å². The summed E-state index contributed by atoms with van der Waals surface area (Å²) in [6.45, 7) is 2.49. The monoisotopic (exact) mass is 216 g/mol. The smallest absolute Gasteiger partial charge is 0.355 e. The van der Waals surface area contributed by atoms with E-state index < -0.39 is 5.97 Å². The maximum atomic E-state index is 10.5. The summed E-state index contributed by atoms with van der Waals surface area (Å²) in [5.74, 6) is -1.01. The molecule has 0 aliphatic heterocycles. The van der Waals surface area contributed by atoms with E-state index in [4.69, 9.17) is 9.84 Å². The van der Waals surface area contributed by atoms with Gasteiger partial charge in [-0.15, -0.1) is 11.3 Å². The molecular weight excluding hydrogens is 204 g/mol. The van der Waals surface area contributed by atoms with Gasteiger partial charge in [-0.05, 0) is 6.92 Å².